The number of aromatic amines is 1. The summed E-state index contributed by atoms with van der Waals surface area (Å²) < 4.78 is 5.21. The highest BCUT2D eigenvalue weighted by Crippen LogP contribution is 2.24. The summed E-state index contributed by atoms with van der Waals surface area (Å²) in [6.07, 6.45) is 8.87. The predicted octanol–water partition coefficient (Wildman–Crippen LogP) is 1.77. The van der Waals surface area contributed by atoms with Gasteiger partial charge in [-0.1, -0.05) is 0 Å². The quantitative estimate of drug-likeness (QED) is 0.793. The number of hydrogen-bond acceptors (Lipinski definition) is 3. The van der Waals surface area contributed by atoms with Gasteiger partial charge in [-0.05, 0) is 44.4 Å². The molecule has 0 aromatic carbocycles. The number of methoxy groups -OCH3 is 1. The van der Waals surface area contributed by atoms with Gasteiger partial charge in [0.2, 0.25) is 0 Å². The molecule has 22 heavy (non-hydrogen) atoms. The smallest absolute Gasteiger partial charge is 0.315 e. The minimum absolute atomic E-state index is 0.0249. The highest BCUT2D eigenvalue weighted by Gasteiger charge is 2.25. The Morgan fingerprint density at radius 3 is 2.82 bits per heavy atom. The Kier molecular flexibility index (Phi) is 4.97. The number of H-pyrrole nitrogens is 1. The minimum Gasteiger partial charge on any atom is -0.384 e. The van der Waals surface area contributed by atoms with Gasteiger partial charge < -0.3 is 20.4 Å². The van der Waals surface area contributed by atoms with Gasteiger partial charge in [0.15, 0.2) is 0 Å². The van der Waals surface area contributed by atoms with Crippen LogP contribution in [-0.2, 0) is 17.6 Å². The molecule has 0 aliphatic heterocycles. The minimum atomic E-state index is -0.0249. The van der Waals surface area contributed by atoms with E-state index in [0.717, 1.165) is 62.9 Å². The van der Waals surface area contributed by atoms with E-state index >= 15 is 0 Å². The molecule has 0 saturated heterocycles. The summed E-state index contributed by atoms with van der Waals surface area (Å²) in [7, 11) is 1.76. The van der Waals surface area contributed by atoms with Crippen molar-refractivity contribution in [1.29, 1.82) is 0 Å². The molecule has 0 spiro atoms. The first kappa shape index (κ1) is 15.3. The van der Waals surface area contributed by atoms with Crippen molar-refractivity contribution in [3.05, 3.63) is 17.7 Å². The second kappa shape index (κ2) is 7.13. The Bertz CT molecular complexity index is 494. The van der Waals surface area contributed by atoms with E-state index in [1.54, 1.807) is 13.4 Å². The van der Waals surface area contributed by atoms with Crippen molar-refractivity contribution in [1.82, 2.24) is 20.6 Å². The van der Waals surface area contributed by atoms with Crippen molar-refractivity contribution < 1.29 is 9.53 Å². The number of rotatable bonds is 4. The van der Waals surface area contributed by atoms with Gasteiger partial charge in [-0.2, -0.15) is 0 Å². The van der Waals surface area contributed by atoms with Crippen LogP contribution in [0.25, 0.3) is 0 Å². The number of urea groups is 1. The molecular weight excluding hydrogens is 280 g/mol. The molecule has 6 heteroatoms. The second-order valence-corrected chi connectivity index (χ2v) is 6.56. The number of nitrogens with one attached hydrogen (secondary N) is 3. The molecule has 0 bridgehead atoms. The summed E-state index contributed by atoms with van der Waals surface area (Å²) in [4.78, 5) is 19.6. The zero-order chi connectivity index (χ0) is 15.4. The van der Waals surface area contributed by atoms with Crippen LogP contribution in [0.1, 0.15) is 43.5 Å². The van der Waals surface area contributed by atoms with Gasteiger partial charge in [-0.15, -0.1) is 0 Å². The Labute approximate surface area is 131 Å². The number of amides is 2. The molecule has 1 saturated carbocycles. The molecule has 2 amide bonds. The molecule has 2 aliphatic rings. The van der Waals surface area contributed by atoms with E-state index in [0.29, 0.717) is 12.0 Å². The summed E-state index contributed by atoms with van der Waals surface area (Å²) >= 11 is 0. The number of hydrogen-bond donors (Lipinski definition) is 3. The highest BCUT2D eigenvalue weighted by atomic mass is 16.5. The van der Waals surface area contributed by atoms with E-state index in [1.807, 2.05) is 0 Å². The highest BCUT2D eigenvalue weighted by molar-refractivity contribution is 5.74. The largest absolute Gasteiger partial charge is 0.384 e. The number of carbonyl (C=O) groups is 1. The molecule has 3 rings (SSSR count). The van der Waals surface area contributed by atoms with Gasteiger partial charge in [-0.25, -0.2) is 9.78 Å². The lowest BCUT2D eigenvalue weighted by atomic mass is 9.86. The van der Waals surface area contributed by atoms with Crippen LogP contribution in [0.5, 0.6) is 0 Å². The van der Waals surface area contributed by atoms with E-state index in [4.69, 9.17) is 4.74 Å². The topological polar surface area (TPSA) is 79.0 Å². The number of nitrogens with zero attached hydrogens (tertiary/aromatic N) is 1. The van der Waals surface area contributed by atoms with Crippen LogP contribution in [0.3, 0.4) is 0 Å². The molecule has 3 N–H and O–H groups in total. The number of fused-ring (bicyclic) bond motifs is 1. The predicted molar refractivity (Wildman–Crippen MR) is 83.7 cm³/mol. The lowest BCUT2D eigenvalue weighted by molar-refractivity contribution is 0.124. The maximum atomic E-state index is 12.2. The van der Waals surface area contributed by atoms with E-state index in [2.05, 4.69) is 20.6 Å². The summed E-state index contributed by atoms with van der Waals surface area (Å²) in [6, 6.07) is 0.486. The maximum absolute atomic E-state index is 12.2. The zero-order valence-corrected chi connectivity index (χ0v) is 13.2. The first-order chi connectivity index (χ1) is 10.7. The fourth-order valence-electron chi connectivity index (χ4n) is 3.65. The van der Waals surface area contributed by atoms with Crippen molar-refractivity contribution in [2.45, 2.75) is 57.0 Å². The van der Waals surface area contributed by atoms with E-state index < -0.39 is 0 Å². The average molecular weight is 306 g/mol. The molecule has 1 aromatic rings. The normalized spacial score (nSPS) is 28.0. The van der Waals surface area contributed by atoms with Crippen LogP contribution >= 0.6 is 0 Å². The standard InChI is InChI=1S/C16H26N4O2/c1-22-9-11-2-4-12(5-3-11)19-16(21)20-13-6-7-14-15(8-13)18-10-17-14/h10-13H,2-9H2,1H3,(H,17,18)(H2,19,20,21). The van der Waals surface area contributed by atoms with Gasteiger partial charge >= 0.3 is 6.03 Å². The monoisotopic (exact) mass is 306 g/mol. The Hall–Kier alpha value is -1.56. The summed E-state index contributed by atoms with van der Waals surface area (Å²) in [5, 5.41) is 6.24. The number of carbonyl (C=O) groups excluding carboxylic acids is 1. The molecule has 1 fully saturated rings. The lowest BCUT2D eigenvalue weighted by Crippen LogP contribution is -2.48. The third-order valence-corrected chi connectivity index (χ3v) is 4.91. The average Bonchev–Trinajstić information content (AvgIpc) is 2.97. The third-order valence-electron chi connectivity index (χ3n) is 4.91. The molecule has 6 nitrogen and oxygen atoms in total. The fraction of sp³-hybridized carbons (Fsp3) is 0.750. The molecule has 1 aromatic heterocycles. The van der Waals surface area contributed by atoms with Crippen LogP contribution < -0.4 is 10.6 Å². The number of ether oxygens (including phenoxy) is 1. The molecule has 1 heterocycles. The Balaban J connectivity index is 1.40. The number of imidazole rings is 1. The summed E-state index contributed by atoms with van der Waals surface area (Å²) in [5.41, 5.74) is 2.31. The van der Waals surface area contributed by atoms with Crippen LogP contribution in [0.15, 0.2) is 6.33 Å². The van der Waals surface area contributed by atoms with Crippen molar-refractivity contribution >= 4 is 6.03 Å². The lowest BCUT2D eigenvalue weighted by Gasteiger charge is -2.30. The van der Waals surface area contributed by atoms with Gasteiger partial charge in [0, 0.05) is 37.9 Å². The van der Waals surface area contributed by atoms with Crippen molar-refractivity contribution in [3.63, 3.8) is 0 Å². The van der Waals surface area contributed by atoms with Gasteiger partial charge in [-0.3, -0.25) is 0 Å². The third kappa shape index (κ3) is 3.80. The molecule has 1 unspecified atom stereocenters. The first-order valence-electron chi connectivity index (χ1n) is 8.31. The fourth-order valence-corrected chi connectivity index (χ4v) is 3.65. The molecule has 0 radical (unpaired) electrons. The summed E-state index contributed by atoms with van der Waals surface area (Å²) in [5.74, 6) is 0.656. The Morgan fingerprint density at radius 2 is 2.05 bits per heavy atom. The van der Waals surface area contributed by atoms with Gasteiger partial charge in [0.25, 0.3) is 0 Å². The molecule has 2 aliphatic carbocycles. The molecule has 122 valence electrons. The van der Waals surface area contributed by atoms with E-state index in [-0.39, 0.29) is 12.1 Å². The van der Waals surface area contributed by atoms with Crippen molar-refractivity contribution in [2.24, 2.45) is 5.92 Å². The number of aromatic nitrogens is 2. The maximum Gasteiger partial charge on any atom is 0.315 e. The first-order valence-corrected chi connectivity index (χ1v) is 8.31. The van der Waals surface area contributed by atoms with Gasteiger partial charge in [0.1, 0.15) is 0 Å². The van der Waals surface area contributed by atoms with Crippen molar-refractivity contribution in [3.8, 4) is 0 Å². The van der Waals surface area contributed by atoms with Crippen LogP contribution in [-0.4, -0.2) is 41.8 Å². The molecule has 1 atom stereocenters. The van der Waals surface area contributed by atoms with E-state index in [1.165, 1.54) is 0 Å². The van der Waals surface area contributed by atoms with Crippen LogP contribution in [0.2, 0.25) is 0 Å². The Morgan fingerprint density at radius 1 is 1.27 bits per heavy atom. The second-order valence-electron chi connectivity index (χ2n) is 6.56. The number of aryl methyl sites for hydroxylation is 1. The SMILES string of the molecule is COCC1CCC(NC(=O)NC2CCc3nc[nH]c3C2)CC1. The zero-order valence-electron chi connectivity index (χ0n) is 13.2. The van der Waals surface area contributed by atoms with E-state index in [9.17, 15) is 4.79 Å². The van der Waals surface area contributed by atoms with Crippen LogP contribution in [0.4, 0.5) is 4.79 Å². The molecular formula is C16H26N4O2. The van der Waals surface area contributed by atoms with Crippen LogP contribution in [0, 0.1) is 5.92 Å². The van der Waals surface area contributed by atoms with Gasteiger partial charge in [0.05, 0.1) is 12.0 Å². The summed E-state index contributed by atoms with van der Waals surface area (Å²) in [6.45, 7) is 0.841. The van der Waals surface area contributed by atoms with Crippen molar-refractivity contribution in [2.75, 3.05) is 13.7 Å².